The van der Waals surface area contributed by atoms with Crippen molar-refractivity contribution in [1.82, 2.24) is 9.80 Å². The standard InChI is InChI=1S/C22H36N2O2/c1-15(2)26-21-10-16-8-9-24-13-17(12-22(3,4)5)23(6)14-19(24)18(16)11-20(21)25-7/h10-11,15,17,19H,8-9,12-14H2,1-7H3/t17-,19-/m1/s1. The summed E-state index contributed by atoms with van der Waals surface area (Å²) in [5.74, 6) is 1.74. The molecule has 2 heterocycles. The van der Waals surface area contributed by atoms with Crippen LogP contribution in [0.1, 0.15) is 58.2 Å². The number of fused-ring (bicyclic) bond motifs is 3. The molecule has 0 amide bonds. The van der Waals surface area contributed by atoms with Crippen LogP contribution in [0.25, 0.3) is 0 Å². The number of hydrogen-bond acceptors (Lipinski definition) is 4. The van der Waals surface area contributed by atoms with Crippen LogP contribution in [0.2, 0.25) is 0 Å². The molecule has 1 aromatic carbocycles. The minimum Gasteiger partial charge on any atom is -0.493 e. The largest absolute Gasteiger partial charge is 0.493 e. The maximum absolute atomic E-state index is 5.98. The lowest BCUT2D eigenvalue weighted by molar-refractivity contribution is 0.0213. The molecule has 1 aromatic rings. The molecule has 0 N–H and O–H groups in total. The molecule has 0 unspecified atom stereocenters. The van der Waals surface area contributed by atoms with Crippen molar-refractivity contribution in [2.45, 2.75) is 65.6 Å². The highest BCUT2D eigenvalue weighted by Crippen LogP contribution is 2.41. The Hall–Kier alpha value is -1.26. The Morgan fingerprint density at radius 3 is 2.50 bits per heavy atom. The molecule has 1 saturated heterocycles. The molecular weight excluding hydrogens is 324 g/mol. The van der Waals surface area contributed by atoms with E-state index in [4.69, 9.17) is 9.47 Å². The maximum Gasteiger partial charge on any atom is 0.161 e. The first kappa shape index (κ1) is 19.5. The lowest BCUT2D eigenvalue weighted by Gasteiger charge is -2.49. The summed E-state index contributed by atoms with van der Waals surface area (Å²) in [6.45, 7) is 14.5. The fourth-order valence-electron chi connectivity index (χ4n) is 4.46. The number of ether oxygens (including phenoxy) is 2. The molecule has 0 saturated carbocycles. The number of hydrogen-bond donors (Lipinski definition) is 0. The summed E-state index contributed by atoms with van der Waals surface area (Å²) in [7, 11) is 4.03. The third-order valence-electron chi connectivity index (χ3n) is 5.63. The van der Waals surface area contributed by atoms with E-state index in [1.165, 1.54) is 17.5 Å². The van der Waals surface area contributed by atoms with Crippen molar-refractivity contribution in [2.24, 2.45) is 5.41 Å². The minimum atomic E-state index is 0.154. The minimum absolute atomic E-state index is 0.154. The predicted molar refractivity (Wildman–Crippen MR) is 107 cm³/mol. The zero-order chi connectivity index (χ0) is 19.1. The van der Waals surface area contributed by atoms with Gasteiger partial charge in [-0.1, -0.05) is 20.8 Å². The van der Waals surface area contributed by atoms with Gasteiger partial charge in [-0.25, -0.2) is 0 Å². The van der Waals surface area contributed by atoms with E-state index < -0.39 is 0 Å². The highest BCUT2D eigenvalue weighted by atomic mass is 16.5. The van der Waals surface area contributed by atoms with Gasteiger partial charge in [-0.2, -0.15) is 0 Å². The van der Waals surface area contributed by atoms with Crippen molar-refractivity contribution in [2.75, 3.05) is 33.8 Å². The molecule has 4 heteroatoms. The molecule has 0 aromatic heterocycles. The van der Waals surface area contributed by atoms with Crippen LogP contribution in [0, 0.1) is 5.41 Å². The van der Waals surface area contributed by atoms with Crippen LogP contribution in [0.3, 0.4) is 0 Å². The zero-order valence-electron chi connectivity index (χ0n) is 17.6. The Morgan fingerprint density at radius 2 is 1.88 bits per heavy atom. The van der Waals surface area contributed by atoms with E-state index in [2.05, 4.69) is 63.6 Å². The Morgan fingerprint density at radius 1 is 1.15 bits per heavy atom. The third kappa shape index (κ3) is 4.17. The Bertz CT molecular complexity index is 636. The number of nitrogens with zero attached hydrogens (tertiary/aromatic N) is 2. The molecule has 2 aliphatic heterocycles. The van der Waals surface area contributed by atoms with Gasteiger partial charge in [0.1, 0.15) is 0 Å². The molecule has 1 fully saturated rings. The third-order valence-corrected chi connectivity index (χ3v) is 5.63. The molecular formula is C22H36N2O2. The van der Waals surface area contributed by atoms with Gasteiger partial charge in [0.2, 0.25) is 0 Å². The van der Waals surface area contributed by atoms with Gasteiger partial charge in [0, 0.05) is 31.7 Å². The maximum atomic E-state index is 5.98. The summed E-state index contributed by atoms with van der Waals surface area (Å²) >= 11 is 0. The normalized spacial score (nSPS) is 24.3. The Kier molecular flexibility index (Phi) is 5.55. The molecule has 3 rings (SSSR count). The fraction of sp³-hybridized carbons (Fsp3) is 0.727. The number of rotatable bonds is 4. The van der Waals surface area contributed by atoms with Crippen molar-refractivity contribution in [3.63, 3.8) is 0 Å². The van der Waals surface area contributed by atoms with E-state index >= 15 is 0 Å². The number of likely N-dealkylation sites (N-methyl/N-ethyl adjacent to an activating group) is 1. The van der Waals surface area contributed by atoms with Gasteiger partial charge in [0.05, 0.1) is 13.2 Å². The first-order valence-corrected chi connectivity index (χ1v) is 9.99. The van der Waals surface area contributed by atoms with Gasteiger partial charge >= 0.3 is 0 Å². The predicted octanol–water partition coefficient (Wildman–Crippen LogP) is 4.13. The van der Waals surface area contributed by atoms with Crippen molar-refractivity contribution in [3.8, 4) is 11.5 Å². The van der Waals surface area contributed by atoms with Gasteiger partial charge in [-0.3, -0.25) is 4.90 Å². The first-order chi connectivity index (χ1) is 12.2. The topological polar surface area (TPSA) is 24.9 Å². The second kappa shape index (κ2) is 7.40. The molecule has 4 nitrogen and oxygen atoms in total. The Labute approximate surface area is 159 Å². The molecule has 2 atom stereocenters. The summed E-state index contributed by atoms with van der Waals surface area (Å²) in [5, 5.41) is 0. The van der Waals surface area contributed by atoms with Crippen molar-refractivity contribution in [3.05, 3.63) is 23.3 Å². The van der Waals surface area contributed by atoms with Crippen LogP contribution in [-0.4, -0.2) is 55.7 Å². The van der Waals surface area contributed by atoms with E-state index in [0.717, 1.165) is 37.6 Å². The van der Waals surface area contributed by atoms with E-state index in [1.807, 2.05) is 0 Å². The lowest BCUT2D eigenvalue weighted by Crippen LogP contribution is -2.55. The summed E-state index contributed by atoms with van der Waals surface area (Å²) in [5.41, 5.74) is 3.21. The first-order valence-electron chi connectivity index (χ1n) is 9.99. The van der Waals surface area contributed by atoms with Crippen LogP contribution in [0.4, 0.5) is 0 Å². The van der Waals surface area contributed by atoms with Crippen molar-refractivity contribution < 1.29 is 9.47 Å². The van der Waals surface area contributed by atoms with Gasteiger partial charge < -0.3 is 14.4 Å². The second-order valence-electron chi connectivity index (χ2n) is 9.49. The number of piperazine rings is 1. The smallest absolute Gasteiger partial charge is 0.161 e. The van der Waals surface area contributed by atoms with Gasteiger partial charge in [0.15, 0.2) is 11.5 Å². The molecule has 26 heavy (non-hydrogen) atoms. The summed E-state index contributed by atoms with van der Waals surface area (Å²) in [6.07, 6.45) is 2.49. The number of benzene rings is 1. The van der Waals surface area contributed by atoms with Gasteiger partial charge in [-0.05, 0) is 62.4 Å². The van der Waals surface area contributed by atoms with Crippen molar-refractivity contribution in [1.29, 1.82) is 0 Å². The highest BCUT2D eigenvalue weighted by Gasteiger charge is 2.37. The highest BCUT2D eigenvalue weighted by molar-refractivity contribution is 5.50. The van der Waals surface area contributed by atoms with E-state index in [9.17, 15) is 0 Å². The van der Waals surface area contributed by atoms with Crippen LogP contribution in [0.5, 0.6) is 11.5 Å². The van der Waals surface area contributed by atoms with E-state index in [0.29, 0.717) is 17.5 Å². The molecule has 0 radical (unpaired) electrons. The number of methoxy groups -OCH3 is 1. The lowest BCUT2D eigenvalue weighted by atomic mass is 9.84. The molecule has 0 bridgehead atoms. The van der Waals surface area contributed by atoms with Gasteiger partial charge in [-0.15, -0.1) is 0 Å². The molecule has 146 valence electrons. The molecule has 2 aliphatic rings. The van der Waals surface area contributed by atoms with Crippen LogP contribution >= 0.6 is 0 Å². The van der Waals surface area contributed by atoms with Gasteiger partial charge in [0.25, 0.3) is 0 Å². The second-order valence-corrected chi connectivity index (χ2v) is 9.49. The SMILES string of the molecule is COc1cc2c(cc1OC(C)C)CCN1C[C@@H](CC(C)(C)C)N(C)C[C@H]21. The zero-order valence-corrected chi connectivity index (χ0v) is 17.6. The van der Waals surface area contributed by atoms with Crippen LogP contribution in [-0.2, 0) is 6.42 Å². The van der Waals surface area contributed by atoms with Crippen LogP contribution < -0.4 is 9.47 Å². The summed E-state index contributed by atoms with van der Waals surface area (Å²) < 4.78 is 11.6. The molecule has 0 spiro atoms. The molecule has 0 aliphatic carbocycles. The summed E-state index contributed by atoms with van der Waals surface area (Å²) in [4.78, 5) is 5.24. The van der Waals surface area contributed by atoms with E-state index in [-0.39, 0.29) is 6.10 Å². The van der Waals surface area contributed by atoms with Crippen LogP contribution in [0.15, 0.2) is 12.1 Å². The monoisotopic (exact) mass is 360 g/mol. The fourth-order valence-corrected chi connectivity index (χ4v) is 4.46. The van der Waals surface area contributed by atoms with Crippen molar-refractivity contribution >= 4 is 0 Å². The average molecular weight is 361 g/mol. The quantitative estimate of drug-likeness (QED) is 0.806. The Balaban J connectivity index is 1.85. The van der Waals surface area contributed by atoms with E-state index in [1.54, 1.807) is 7.11 Å². The summed E-state index contributed by atoms with van der Waals surface area (Å²) in [6, 6.07) is 5.54. The average Bonchev–Trinajstić information content (AvgIpc) is 2.53.